The largest absolute Gasteiger partial charge is 0.352 e. The fourth-order valence-electron chi connectivity index (χ4n) is 3.76. The summed E-state index contributed by atoms with van der Waals surface area (Å²) in [5.74, 6) is 0.212. The summed E-state index contributed by atoms with van der Waals surface area (Å²) in [5.41, 5.74) is 3.08. The summed E-state index contributed by atoms with van der Waals surface area (Å²) in [6.45, 7) is 1.91. The Balaban J connectivity index is 1.32. The lowest BCUT2D eigenvalue weighted by molar-refractivity contribution is -0.121. The number of anilines is 1. The molecule has 4 rings (SSSR count). The zero-order valence-electron chi connectivity index (χ0n) is 15.9. The third-order valence-electron chi connectivity index (χ3n) is 5.30. The van der Waals surface area contributed by atoms with Crippen molar-refractivity contribution in [2.24, 2.45) is 0 Å². The predicted octanol–water partition coefficient (Wildman–Crippen LogP) is 3.86. The van der Waals surface area contributed by atoms with Crippen molar-refractivity contribution in [1.82, 2.24) is 9.88 Å². The zero-order valence-corrected chi connectivity index (χ0v) is 15.9. The Morgan fingerprint density at radius 1 is 1.04 bits per heavy atom. The number of nitrogens with zero attached hydrogens (tertiary/aromatic N) is 2. The highest BCUT2D eigenvalue weighted by atomic mass is 16.2. The molecule has 144 valence electrons. The Morgan fingerprint density at radius 3 is 2.82 bits per heavy atom. The van der Waals surface area contributed by atoms with Crippen LogP contribution in [0.2, 0.25) is 0 Å². The fourth-order valence-corrected chi connectivity index (χ4v) is 3.76. The van der Waals surface area contributed by atoms with E-state index in [2.05, 4.69) is 28.1 Å². The predicted molar refractivity (Wildman–Crippen MR) is 111 cm³/mol. The Hall–Kier alpha value is -3.08. The molecule has 1 fully saturated rings. The molecular weight excluding hydrogens is 350 g/mol. The first-order valence-corrected chi connectivity index (χ1v) is 9.90. The first-order chi connectivity index (χ1) is 13.7. The molecule has 0 saturated carbocycles. The number of carbonyl (C=O) groups is 2. The Morgan fingerprint density at radius 2 is 1.93 bits per heavy atom. The second kappa shape index (κ2) is 8.30. The van der Waals surface area contributed by atoms with Crippen LogP contribution in [0.4, 0.5) is 5.69 Å². The number of hydrogen-bond acceptors (Lipinski definition) is 2. The van der Waals surface area contributed by atoms with Gasteiger partial charge in [-0.05, 0) is 48.1 Å². The van der Waals surface area contributed by atoms with E-state index >= 15 is 0 Å². The van der Waals surface area contributed by atoms with Crippen LogP contribution in [-0.4, -0.2) is 22.9 Å². The number of amides is 2. The number of carbonyl (C=O) groups excluding carboxylic acids is 2. The van der Waals surface area contributed by atoms with Crippen molar-refractivity contribution in [3.8, 4) is 0 Å². The first-order valence-electron chi connectivity index (χ1n) is 9.90. The van der Waals surface area contributed by atoms with E-state index in [1.54, 1.807) is 0 Å². The molecule has 2 heterocycles. The molecule has 0 spiro atoms. The summed E-state index contributed by atoms with van der Waals surface area (Å²) in [6, 6.07) is 18.1. The standard InChI is InChI=1S/C23H25N3O2/c27-22(12-15-25-14-11-19-7-1-2-9-21(19)25)24-17-18-6-5-8-20(16-18)26-13-4-3-10-23(26)28/h1-2,5-9,11,14,16H,3-4,10,12-13,15,17H2,(H,24,27). The van der Waals surface area contributed by atoms with Crippen molar-refractivity contribution in [3.05, 3.63) is 66.4 Å². The van der Waals surface area contributed by atoms with Gasteiger partial charge < -0.3 is 14.8 Å². The number of hydrogen-bond donors (Lipinski definition) is 1. The lowest BCUT2D eigenvalue weighted by Gasteiger charge is -2.27. The molecule has 5 nitrogen and oxygen atoms in total. The Bertz CT molecular complexity index is 992. The van der Waals surface area contributed by atoms with Crippen LogP contribution in [0.25, 0.3) is 10.9 Å². The molecule has 2 aromatic carbocycles. The number of fused-ring (bicyclic) bond motifs is 1. The topological polar surface area (TPSA) is 54.3 Å². The maximum atomic E-state index is 12.3. The van der Waals surface area contributed by atoms with E-state index in [-0.39, 0.29) is 11.8 Å². The molecule has 0 unspecified atom stereocenters. The summed E-state index contributed by atoms with van der Waals surface area (Å²) in [6.07, 6.45) is 5.09. The number of nitrogens with one attached hydrogen (secondary N) is 1. The van der Waals surface area contributed by atoms with E-state index < -0.39 is 0 Å². The van der Waals surface area contributed by atoms with Crippen LogP contribution in [0.3, 0.4) is 0 Å². The summed E-state index contributed by atoms with van der Waals surface area (Å²) in [5, 5.41) is 4.18. The van der Waals surface area contributed by atoms with Crippen molar-refractivity contribution in [1.29, 1.82) is 0 Å². The molecule has 2 amide bonds. The number of para-hydroxylation sites is 1. The second-order valence-electron chi connectivity index (χ2n) is 7.27. The van der Waals surface area contributed by atoms with Crippen LogP contribution in [0.1, 0.15) is 31.2 Å². The molecule has 3 aromatic rings. The first kappa shape index (κ1) is 18.3. The molecule has 0 radical (unpaired) electrons. The van der Waals surface area contributed by atoms with Crippen molar-refractivity contribution in [3.63, 3.8) is 0 Å². The van der Waals surface area contributed by atoms with Crippen LogP contribution < -0.4 is 10.2 Å². The van der Waals surface area contributed by atoms with Crippen LogP contribution in [0.15, 0.2) is 60.8 Å². The quantitative estimate of drug-likeness (QED) is 0.711. The average Bonchev–Trinajstić information content (AvgIpc) is 3.14. The minimum atomic E-state index is 0.0252. The lowest BCUT2D eigenvalue weighted by Crippen LogP contribution is -2.35. The molecule has 0 atom stereocenters. The molecule has 28 heavy (non-hydrogen) atoms. The van der Waals surface area contributed by atoms with Gasteiger partial charge in [0.25, 0.3) is 0 Å². The molecule has 1 aromatic heterocycles. The van der Waals surface area contributed by atoms with E-state index in [1.807, 2.05) is 47.5 Å². The van der Waals surface area contributed by atoms with Gasteiger partial charge in [-0.25, -0.2) is 0 Å². The van der Waals surface area contributed by atoms with Gasteiger partial charge in [-0.15, -0.1) is 0 Å². The summed E-state index contributed by atoms with van der Waals surface area (Å²) in [4.78, 5) is 26.3. The van der Waals surface area contributed by atoms with Crippen molar-refractivity contribution >= 4 is 28.4 Å². The van der Waals surface area contributed by atoms with E-state index in [4.69, 9.17) is 0 Å². The second-order valence-corrected chi connectivity index (χ2v) is 7.27. The summed E-state index contributed by atoms with van der Waals surface area (Å²) in [7, 11) is 0. The summed E-state index contributed by atoms with van der Waals surface area (Å²) >= 11 is 0. The van der Waals surface area contributed by atoms with Gasteiger partial charge in [0.2, 0.25) is 11.8 Å². The lowest BCUT2D eigenvalue weighted by atomic mass is 10.1. The number of aryl methyl sites for hydroxylation is 1. The third-order valence-corrected chi connectivity index (χ3v) is 5.30. The molecule has 1 N–H and O–H groups in total. The highest BCUT2D eigenvalue weighted by molar-refractivity contribution is 5.94. The molecular formula is C23H25N3O2. The maximum absolute atomic E-state index is 12.3. The van der Waals surface area contributed by atoms with Gasteiger partial charge in [0.05, 0.1) is 0 Å². The summed E-state index contributed by atoms with van der Waals surface area (Å²) < 4.78 is 2.11. The molecule has 1 aliphatic heterocycles. The number of aromatic nitrogens is 1. The number of rotatable bonds is 6. The SMILES string of the molecule is O=C(CCn1ccc2ccccc21)NCc1cccc(N2CCCCC2=O)c1. The van der Waals surface area contributed by atoms with Gasteiger partial charge in [-0.1, -0.05) is 30.3 Å². The van der Waals surface area contributed by atoms with E-state index in [0.29, 0.717) is 25.9 Å². The molecule has 0 aliphatic carbocycles. The fraction of sp³-hybridized carbons (Fsp3) is 0.304. The molecule has 0 bridgehead atoms. The van der Waals surface area contributed by atoms with Gasteiger partial charge >= 0.3 is 0 Å². The van der Waals surface area contributed by atoms with Gasteiger partial charge in [0.15, 0.2) is 0 Å². The van der Waals surface area contributed by atoms with E-state index in [1.165, 1.54) is 5.39 Å². The number of benzene rings is 2. The van der Waals surface area contributed by atoms with Gasteiger partial charge in [-0.3, -0.25) is 9.59 Å². The van der Waals surface area contributed by atoms with E-state index in [0.717, 1.165) is 36.2 Å². The van der Waals surface area contributed by atoms with Gasteiger partial charge in [0, 0.05) is 49.9 Å². The highest BCUT2D eigenvalue weighted by Crippen LogP contribution is 2.22. The van der Waals surface area contributed by atoms with Crippen LogP contribution >= 0.6 is 0 Å². The van der Waals surface area contributed by atoms with E-state index in [9.17, 15) is 9.59 Å². The van der Waals surface area contributed by atoms with Crippen molar-refractivity contribution < 1.29 is 9.59 Å². The third kappa shape index (κ3) is 4.09. The monoisotopic (exact) mass is 375 g/mol. The average molecular weight is 375 g/mol. The Kier molecular flexibility index (Phi) is 5.42. The normalized spacial score (nSPS) is 14.4. The number of piperidine rings is 1. The molecule has 1 saturated heterocycles. The smallest absolute Gasteiger partial charge is 0.226 e. The minimum Gasteiger partial charge on any atom is -0.352 e. The van der Waals surface area contributed by atoms with Crippen molar-refractivity contribution in [2.75, 3.05) is 11.4 Å². The molecule has 1 aliphatic rings. The van der Waals surface area contributed by atoms with Gasteiger partial charge in [0.1, 0.15) is 0 Å². The van der Waals surface area contributed by atoms with Crippen molar-refractivity contribution in [2.45, 2.75) is 38.8 Å². The van der Waals surface area contributed by atoms with Crippen LogP contribution in [-0.2, 0) is 22.7 Å². The minimum absolute atomic E-state index is 0.0252. The maximum Gasteiger partial charge on any atom is 0.226 e. The van der Waals surface area contributed by atoms with Gasteiger partial charge in [-0.2, -0.15) is 0 Å². The Labute approximate surface area is 165 Å². The highest BCUT2D eigenvalue weighted by Gasteiger charge is 2.19. The zero-order chi connectivity index (χ0) is 19.3. The van der Waals surface area contributed by atoms with Crippen LogP contribution in [0.5, 0.6) is 0 Å². The molecule has 5 heteroatoms. The van der Waals surface area contributed by atoms with Crippen LogP contribution in [0, 0.1) is 0 Å².